The number of methoxy groups -OCH3 is 4. The van der Waals surface area contributed by atoms with Crippen LogP contribution >= 0.6 is 0 Å². The van der Waals surface area contributed by atoms with Crippen LogP contribution in [0.3, 0.4) is 0 Å². The van der Waals surface area contributed by atoms with E-state index in [4.69, 9.17) is 18.9 Å². The molecule has 0 aromatic rings. The van der Waals surface area contributed by atoms with Crippen LogP contribution in [0, 0.1) is 11.3 Å². The molecule has 1 rings (SSSR count). The van der Waals surface area contributed by atoms with Gasteiger partial charge in [0.15, 0.2) is 0 Å². The van der Waals surface area contributed by atoms with Crippen molar-refractivity contribution in [3.63, 3.8) is 0 Å². The fourth-order valence-electron chi connectivity index (χ4n) is 3.39. The first-order valence-corrected chi connectivity index (χ1v) is 8.72. The lowest BCUT2D eigenvalue weighted by Crippen LogP contribution is -2.37. The fourth-order valence-corrected chi connectivity index (χ4v) is 3.39. The Morgan fingerprint density at radius 1 is 0.724 bits per heavy atom. The predicted molar refractivity (Wildman–Crippen MR) is 103 cm³/mol. The summed E-state index contributed by atoms with van der Waals surface area (Å²) in [6.07, 6.45) is 6.64. The van der Waals surface area contributed by atoms with Gasteiger partial charge >= 0.3 is 23.9 Å². The molecule has 0 saturated carbocycles. The normalized spacial score (nSPS) is 22.1. The third-order valence-corrected chi connectivity index (χ3v) is 4.91. The molecule has 2 unspecified atom stereocenters. The maximum atomic E-state index is 12.7. The molecule has 1 aliphatic carbocycles. The molecule has 0 aliphatic heterocycles. The quantitative estimate of drug-likeness (QED) is 0.375. The third kappa shape index (κ3) is 4.64. The van der Waals surface area contributed by atoms with E-state index in [9.17, 15) is 19.2 Å². The zero-order valence-electron chi connectivity index (χ0n) is 17.7. The van der Waals surface area contributed by atoms with E-state index in [-0.39, 0.29) is 22.3 Å². The van der Waals surface area contributed by atoms with E-state index in [2.05, 4.69) is 0 Å². The molecule has 0 fully saturated rings. The third-order valence-electron chi connectivity index (χ3n) is 4.91. The highest BCUT2D eigenvalue weighted by atomic mass is 16.5. The molecule has 0 radical (unpaired) electrons. The number of hydrogen-bond donors (Lipinski definition) is 0. The Hall–Kier alpha value is -3.16. The summed E-state index contributed by atoms with van der Waals surface area (Å²) < 4.78 is 19.3. The van der Waals surface area contributed by atoms with E-state index in [1.807, 2.05) is 0 Å². The minimum atomic E-state index is -1.22. The molecule has 0 heterocycles. The largest absolute Gasteiger partial charge is 0.466 e. The van der Waals surface area contributed by atoms with E-state index in [0.29, 0.717) is 0 Å². The Balaban J connectivity index is 3.89. The van der Waals surface area contributed by atoms with Gasteiger partial charge in [-0.1, -0.05) is 31.2 Å². The van der Waals surface area contributed by atoms with Crippen LogP contribution in [-0.2, 0) is 38.1 Å². The van der Waals surface area contributed by atoms with E-state index < -0.39 is 35.2 Å². The van der Waals surface area contributed by atoms with Gasteiger partial charge in [-0.15, -0.1) is 0 Å². The SMILES string of the molecule is COC(=O)C(C)=C(C(=O)OC)C1C=CC=CC1(C)C(C(=O)OC)=C(C)C(=O)OC. The van der Waals surface area contributed by atoms with Crippen molar-refractivity contribution >= 4 is 23.9 Å². The maximum absolute atomic E-state index is 12.7. The van der Waals surface area contributed by atoms with Crippen LogP contribution in [0.2, 0.25) is 0 Å². The van der Waals surface area contributed by atoms with Gasteiger partial charge in [0.1, 0.15) is 0 Å². The molecule has 2 atom stereocenters. The molecular formula is C21H26O8. The number of rotatable bonds is 6. The Kier molecular flexibility index (Phi) is 8.12. The first kappa shape index (κ1) is 23.9. The minimum absolute atomic E-state index is 0.00141. The topological polar surface area (TPSA) is 105 Å². The second-order valence-electron chi connectivity index (χ2n) is 6.51. The summed E-state index contributed by atoms with van der Waals surface area (Å²) in [5, 5.41) is 0. The van der Waals surface area contributed by atoms with Crippen molar-refractivity contribution in [2.24, 2.45) is 11.3 Å². The fraction of sp³-hybridized carbons (Fsp3) is 0.429. The van der Waals surface area contributed by atoms with E-state index >= 15 is 0 Å². The minimum Gasteiger partial charge on any atom is -0.466 e. The van der Waals surface area contributed by atoms with E-state index in [0.717, 1.165) is 0 Å². The summed E-state index contributed by atoms with van der Waals surface area (Å²) in [5.41, 5.74) is -1.18. The van der Waals surface area contributed by atoms with Crippen molar-refractivity contribution in [3.05, 3.63) is 46.6 Å². The molecule has 8 heteroatoms. The maximum Gasteiger partial charge on any atom is 0.335 e. The van der Waals surface area contributed by atoms with Crippen molar-refractivity contribution in [1.82, 2.24) is 0 Å². The summed E-state index contributed by atoms with van der Waals surface area (Å²) >= 11 is 0. The van der Waals surface area contributed by atoms with E-state index in [1.165, 1.54) is 42.3 Å². The summed E-state index contributed by atoms with van der Waals surface area (Å²) in [7, 11) is 4.75. The number of allylic oxidation sites excluding steroid dienone is 4. The Labute approximate surface area is 169 Å². The summed E-state index contributed by atoms with van der Waals surface area (Å²) in [6.45, 7) is 4.52. The summed E-state index contributed by atoms with van der Waals surface area (Å²) in [4.78, 5) is 49.7. The van der Waals surface area contributed by atoms with Gasteiger partial charge in [0.25, 0.3) is 0 Å². The van der Waals surface area contributed by atoms with Gasteiger partial charge in [-0.05, 0) is 13.8 Å². The second kappa shape index (κ2) is 9.86. The Bertz CT molecular complexity index is 828. The van der Waals surface area contributed by atoms with Crippen LogP contribution < -0.4 is 0 Å². The highest BCUT2D eigenvalue weighted by molar-refractivity contribution is 6.03. The second-order valence-corrected chi connectivity index (χ2v) is 6.51. The number of hydrogen-bond acceptors (Lipinski definition) is 8. The standard InChI is InChI=1S/C21H26O8/c1-12(17(22)26-4)15(19(24)28-6)14-10-8-9-11-21(14,3)16(20(25)29-7)13(2)18(23)27-5/h8-11,14H,1-7H3. The molecule has 0 N–H and O–H groups in total. The summed E-state index contributed by atoms with van der Waals surface area (Å²) in [5.74, 6) is -3.79. The van der Waals surface area contributed by atoms with Crippen LogP contribution in [0.25, 0.3) is 0 Å². The van der Waals surface area contributed by atoms with Gasteiger partial charge in [0.05, 0.1) is 39.6 Å². The van der Waals surface area contributed by atoms with Crippen LogP contribution in [0.5, 0.6) is 0 Å². The molecule has 0 aromatic heterocycles. The van der Waals surface area contributed by atoms with Crippen molar-refractivity contribution in [1.29, 1.82) is 0 Å². The zero-order chi connectivity index (χ0) is 22.4. The van der Waals surface area contributed by atoms with Crippen LogP contribution in [-0.4, -0.2) is 52.3 Å². The van der Waals surface area contributed by atoms with Crippen molar-refractivity contribution in [3.8, 4) is 0 Å². The number of carbonyl (C=O) groups excluding carboxylic acids is 4. The first-order valence-electron chi connectivity index (χ1n) is 8.72. The Morgan fingerprint density at radius 3 is 1.69 bits per heavy atom. The van der Waals surface area contributed by atoms with Gasteiger partial charge < -0.3 is 18.9 Å². The molecule has 0 saturated heterocycles. The number of ether oxygens (including phenoxy) is 4. The average Bonchev–Trinajstić information content (AvgIpc) is 2.73. The van der Waals surface area contributed by atoms with Crippen LogP contribution in [0.4, 0.5) is 0 Å². The van der Waals surface area contributed by atoms with Gasteiger partial charge in [-0.2, -0.15) is 0 Å². The van der Waals surface area contributed by atoms with E-state index in [1.54, 1.807) is 31.2 Å². The molecule has 8 nitrogen and oxygen atoms in total. The average molecular weight is 406 g/mol. The molecule has 0 aromatic carbocycles. The van der Waals surface area contributed by atoms with Crippen molar-refractivity contribution in [2.75, 3.05) is 28.4 Å². The monoisotopic (exact) mass is 406 g/mol. The molecule has 158 valence electrons. The molecule has 0 bridgehead atoms. The predicted octanol–water partition coefficient (Wildman–Crippen LogP) is 2.06. The molecule has 29 heavy (non-hydrogen) atoms. The van der Waals surface area contributed by atoms with Gasteiger partial charge in [-0.3, -0.25) is 0 Å². The van der Waals surface area contributed by atoms with Crippen LogP contribution in [0.15, 0.2) is 46.6 Å². The Morgan fingerprint density at radius 2 is 1.21 bits per heavy atom. The highest BCUT2D eigenvalue weighted by Gasteiger charge is 2.46. The highest BCUT2D eigenvalue weighted by Crippen LogP contribution is 2.46. The zero-order valence-corrected chi connectivity index (χ0v) is 17.7. The molecule has 0 amide bonds. The smallest absolute Gasteiger partial charge is 0.335 e. The lowest BCUT2D eigenvalue weighted by molar-refractivity contribution is -0.141. The van der Waals surface area contributed by atoms with Gasteiger partial charge in [0.2, 0.25) is 0 Å². The molecule has 0 spiro atoms. The van der Waals surface area contributed by atoms with Crippen molar-refractivity contribution < 1.29 is 38.1 Å². The van der Waals surface area contributed by atoms with Crippen molar-refractivity contribution in [2.45, 2.75) is 20.8 Å². The van der Waals surface area contributed by atoms with Gasteiger partial charge in [-0.25, -0.2) is 19.2 Å². The lowest BCUT2D eigenvalue weighted by Gasteiger charge is -2.38. The first-order chi connectivity index (χ1) is 13.6. The molecule has 1 aliphatic rings. The van der Waals surface area contributed by atoms with Gasteiger partial charge in [0, 0.05) is 22.5 Å². The molecular weight excluding hydrogens is 380 g/mol. The number of carbonyl (C=O) groups is 4. The van der Waals surface area contributed by atoms with Crippen LogP contribution in [0.1, 0.15) is 20.8 Å². The number of esters is 4. The lowest BCUT2D eigenvalue weighted by atomic mass is 9.64. The summed E-state index contributed by atoms with van der Waals surface area (Å²) in [6, 6.07) is 0.